The first-order chi connectivity index (χ1) is 14.4. The van der Waals surface area contributed by atoms with Crippen LogP contribution in [0.1, 0.15) is 45.9 Å². The predicted molar refractivity (Wildman–Crippen MR) is 127 cm³/mol. The number of nitrogens with zero attached hydrogens (tertiary/aromatic N) is 4. The van der Waals surface area contributed by atoms with Crippen LogP contribution in [0, 0.1) is 5.92 Å². The summed E-state index contributed by atoms with van der Waals surface area (Å²) in [4.78, 5) is 5.13. The molecule has 2 fully saturated rings. The van der Waals surface area contributed by atoms with E-state index in [0.717, 1.165) is 57.9 Å². The van der Waals surface area contributed by atoms with Gasteiger partial charge < -0.3 is 18.9 Å². The maximum Gasteiger partial charge on any atom is 0.115 e. The number of benzene rings is 1. The summed E-state index contributed by atoms with van der Waals surface area (Å²) >= 11 is 1.81. The molecule has 2 saturated heterocycles. The Morgan fingerprint density at radius 3 is 2.77 bits per heavy atom. The van der Waals surface area contributed by atoms with Gasteiger partial charge in [-0.25, -0.2) is 9.29 Å². The number of hydrogen-bond acceptors (Lipinski definition) is 6. The summed E-state index contributed by atoms with van der Waals surface area (Å²) in [5, 5.41) is 3.42. The Morgan fingerprint density at radius 1 is 1.20 bits per heavy atom. The molecule has 0 aliphatic carbocycles. The number of aromatic nitrogens is 2. The number of ether oxygens (including phenoxy) is 1. The minimum atomic E-state index is 0.0157. The van der Waals surface area contributed by atoms with Crippen LogP contribution in [0.5, 0.6) is 0 Å². The predicted octanol–water partition coefficient (Wildman–Crippen LogP) is 4.06. The van der Waals surface area contributed by atoms with Crippen LogP contribution in [0.3, 0.4) is 0 Å². The van der Waals surface area contributed by atoms with Crippen LogP contribution < -0.4 is 9.62 Å². The van der Waals surface area contributed by atoms with Crippen molar-refractivity contribution in [2.24, 2.45) is 5.92 Å². The minimum absolute atomic E-state index is 0.0157. The van der Waals surface area contributed by atoms with Gasteiger partial charge in [-0.05, 0) is 43.4 Å². The molecule has 1 unspecified atom stereocenters. The second kappa shape index (κ2) is 9.47. The Kier molecular flexibility index (Phi) is 6.92. The number of hydrogen-bond donors (Lipinski definition) is 1. The number of imidazole rings is 1. The zero-order chi connectivity index (χ0) is 21.1. The maximum absolute atomic E-state index is 5.69. The van der Waals surface area contributed by atoms with E-state index in [4.69, 9.17) is 9.72 Å². The van der Waals surface area contributed by atoms with Crippen molar-refractivity contribution in [3.8, 4) is 0 Å². The van der Waals surface area contributed by atoms with Gasteiger partial charge in [0, 0.05) is 70.5 Å². The van der Waals surface area contributed by atoms with Crippen molar-refractivity contribution >= 4 is 28.9 Å². The lowest BCUT2D eigenvalue weighted by Gasteiger charge is -2.30. The molecule has 1 aromatic heterocycles. The molecule has 7 heteroatoms. The van der Waals surface area contributed by atoms with E-state index in [-0.39, 0.29) is 5.41 Å². The molecule has 2 aliphatic heterocycles. The van der Waals surface area contributed by atoms with Crippen molar-refractivity contribution < 1.29 is 4.74 Å². The highest BCUT2D eigenvalue weighted by atomic mass is 32.2. The van der Waals surface area contributed by atoms with E-state index >= 15 is 0 Å². The fourth-order valence-corrected chi connectivity index (χ4v) is 5.33. The topological polar surface area (TPSA) is 45.6 Å². The van der Waals surface area contributed by atoms with Crippen LogP contribution in [-0.2, 0) is 16.7 Å². The summed E-state index contributed by atoms with van der Waals surface area (Å²) in [6, 6.07) is 6.78. The van der Waals surface area contributed by atoms with Gasteiger partial charge in [-0.2, -0.15) is 0 Å². The Morgan fingerprint density at radius 2 is 2.00 bits per heavy atom. The van der Waals surface area contributed by atoms with Gasteiger partial charge in [0.05, 0.1) is 16.7 Å². The summed E-state index contributed by atoms with van der Waals surface area (Å²) in [6.07, 6.45) is 3.55. The quantitative estimate of drug-likeness (QED) is 0.721. The molecule has 1 atom stereocenters. The molecule has 1 N–H and O–H groups in total. The SMILES string of the molecule is CN(SN1CCNCC1)c1ccc2c(c1)nc(C(C)(C)C)n2CC1CCCOCC1. The smallest absolute Gasteiger partial charge is 0.115 e. The number of nitrogens with one attached hydrogen (secondary N) is 1. The highest BCUT2D eigenvalue weighted by Crippen LogP contribution is 2.32. The number of anilines is 1. The number of rotatable bonds is 5. The second-order valence-corrected chi connectivity index (χ2v) is 10.9. The van der Waals surface area contributed by atoms with Crippen molar-refractivity contribution in [3.63, 3.8) is 0 Å². The Labute approximate surface area is 185 Å². The van der Waals surface area contributed by atoms with Gasteiger partial charge >= 0.3 is 0 Å². The Hall–Kier alpha value is -1.28. The Bertz CT molecular complexity index is 832. The van der Waals surface area contributed by atoms with Crippen molar-refractivity contribution in [2.45, 2.75) is 52.0 Å². The van der Waals surface area contributed by atoms with Gasteiger partial charge in [-0.3, -0.25) is 0 Å². The van der Waals surface area contributed by atoms with E-state index in [1.807, 2.05) is 12.1 Å². The molecule has 4 rings (SSSR count). The van der Waals surface area contributed by atoms with Crippen LogP contribution in [0.15, 0.2) is 18.2 Å². The Balaban J connectivity index is 1.60. The van der Waals surface area contributed by atoms with Crippen LogP contribution in [-0.4, -0.2) is 60.3 Å². The van der Waals surface area contributed by atoms with E-state index in [0.29, 0.717) is 5.92 Å². The number of fused-ring (bicyclic) bond motifs is 1. The van der Waals surface area contributed by atoms with Crippen LogP contribution in [0.25, 0.3) is 11.0 Å². The first kappa shape index (κ1) is 21.9. The first-order valence-corrected chi connectivity index (χ1v) is 12.1. The highest BCUT2D eigenvalue weighted by molar-refractivity contribution is 7.98. The lowest BCUT2D eigenvalue weighted by Crippen LogP contribution is -2.41. The lowest BCUT2D eigenvalue weighted by atomic mass is 9.94. The van der Waals surface area contributed by atoms with Gasteiger partial charge in [0.2, 0.25) is 0 Å². The van der Waals surface area contributed by atoms with Crippen LogP contribution in [0.2, 0.25) is 0 Å². The minimum Gasteiger partial charge on any atom is -0.381 e. The van der Waals surface area contributed by atoms with Crippen molar-refractivity contribution in [1.82, 2.24) is 19.2 Å². The van der Waals surface area contributed by atoms with Crippen molar-refractivity contribution in [2.75, 3.05) is 50.7 Å². The van der Waals surface area contributed by atoms with E-state index < -0.39 is 0 Å². The highest BCUT2D eigenvalue weighted by Gasteiger charge is 2.25. The van der Waals surface area contributed by atoms with E-state index in [1.165, 1.54) is 29.9 Å². The first-order valence-electron chi connectivity index (χ1n) is 11.4. The van der Waals surface area contributed by atoms with Gasteiger partial charge in [0.25, 0.3) is 0 Å². The normalized spacial score (nSPS) is 21.7. The fraction of sp³-hybridized carbons (Fsp3) is 0.696. The largest absolute Gasteiger partial charge is 0.381 e. The van der Waals surface area contributed by atoms with Gasteiger partial charge in [-0.1, -0.05) is 20.8 Å². The standard InChI is InChI=1S/C23H37N5OS/c1-23(2,3)22-25-20-16-19(26(4)30-27-12-10-24-11-13-27)7-8-21(20)28(22)17-18-6-5-14-29-15-9-18/h7-8,16,18,24H,5-6,9-15,17H2,1-4H3. The molecule has 30 heavy (non-hydrogen) atoms. The summed E-state index contributed by atoms with van der Waals surface area (Å²) in [5.74, 6) is 1.86. The summed E-state index contributed by atoms with van der Waals surface area (Å²) < 4.78 is 12.9. The molecule has 2 aliphatic rings. The summed E-state index contributed by atoms with van der Waals surface area (Å²) in [7, 11) is 2.15. The molecule has 2 aromatic rings. The van der Waals surface area contributed by atoms with Crippen molar-refractivity contribution in [3.05, 3.63) is 24.0 Å². The average Bonchev–Trinajstić information content (AvgIpc) is 2.89. The molecule has 0 saturated carbocycles. The second-order valence-electron chi connectivity index (χ2n) is 9.64. The molecule has 0 amide bonds. The van der Waals surface area contributed by atoms with E-state index in [2.05, 4.69) is 64.5 Å². The maximum atomic E-state index is 5.69. The van der Waals surface area contributed by atoms with E-state index in [9.17, 15) is 0 Å². The van der Waals surface area contributed by atoms with Crippen LogP contribution in [0.4, 0.5) is 5.69 Å². The zero-order valence-electron chi connectivity index (χ0n) is 19.0. The third-order valence-electron chi connectivity index (χ3n) is 6.09. The third kappa shape index (κ3) is 5.13. The fourth-order valence-electron chi connectivity index (χ4n) is 4.43. The van der Waals surface area contributed by atoms with Gasteiger partial charge in [0.15, 0.2) is 0 Å². The number of piperazine rings is 1. The van der Waals surface area contributed by atoms with Gasteiger partial charge in [0.1, 0.15) is 5.82 Å². The van der Waals surface area contributed by atoms with Crippen molar-refractivity contribution in [1.29, 1.82) is 0 Å². The molecule has 3 heterocycles. The molecule has 0 spiro atoms. The monoisotopic (exact) mass is 431 g/mol. The van der Waals surface area contributed by atoms with E-state index in [1.54, 1.807) is 0 Å². The summed E-state index contributed by atoms with van der Waals surface area (Å²) in [6.45, 7) is 13.9. The molecule has 0 radical (unpaired) electrons. The molecule has 166 valence electrons. The molecular formula is C23H37N5OS. The van der Waals surface area contributed by atoms with Crippen LogP contribution >= 0.6 is 12.1 Å². The third-order valence-corrected chi connectivity index (χ3v) is 7.14. The molecular weight excluding hydrogens is 394 g/mol. The lowest BCUT2D eigenvalue weighted by molar-refractivity contribution is 0.140. The summed E-state index contributed by atoms with van der Waals surface area (Å²) in [5.41, 5.74) is 3.59. The van der Waals surface area contributed by atoms with Gasteiger partial charge in [-0.15, -0.1) is 0 Å². The molecule has 0 bridgehead atoms. The zero-order valence-corrected chi connectivity index (χ0v) is 19.8. The molecule has 1 aromatic carbocycles. The molecule has 6 nitrogen and oxygen atoms in total. The average molecular weight is 432 g/mol.